The first-order chi connectivity index (χ1) is 11.2. The summed E-state index contributed by atoms with van der Waals surface area (Å²) in [6.07, 6.45) is 3.20. The fourth-order valence-corrected chi connectivity index (χ4v) is 3.11. The maximum atomic E-state index is 12.3. The number of sulfonamides is 1. The van der Waals surface area contributed by atoms with Gasteiger partial charge in [0.05, 0.1) is 4.90 Å². The van der Waals surface area contributed by atoms with E-state index >= 15 is 0 Å². The molecule has 24 heavy (non-hydrogen) atoms. The van der Waals surface area contributed by atoms with E-state index in [-0.39, 0.29) is 10.7 Å². The Kier molecular flexibility index (Phi) is 5.36. The number of hydrogen-bond donors (Lipinski definition) is 0. The Labute approximate surface area is 143 Å². The molecule has 0 aliphatic rings. The summed E-state index contributed by atoms with van der Waals surface area (Å²) in [6.45, 7) is 4.05. The molecule has 0 saturated carbocycles. The molecule has 0 aromatic heterocycles. The third-order valence-corrected chi connectivity index (χ3v) is 5.67. The van der Waals surface area contributed by atoms with E-state index in [9.17, 15) is 13.2 Å². The molecule has 0 radical (unpaired) electrons. The number of hydrogen-bond acceptors (Lipinski definition) is 3. The van der Waals surface area contributed by atoms with Gasteiger partial charge in [-0.3, -0.25) is 4.79 Å². The lowest BCUT2D eigenvalue weighted by Gasteiger charge is -2.11. The van der Waals surface area contributed by atoms with E-state index in [1.54, 1.807) is 18.2 Å². The Morgan fingerprint density at radius 3 is 2.33 bits per heavy atom. The largest absolute Gasteiger partial charge is 0.289 e. The van der Waals surface area contributed by atoms with Crippen LogP contribution in [-0.2, 0) is 10.0 Å². The molecule has 0 spiro atoms. The van der Waals surface area contributed by atoms with Crippen molar-refractivity contribution in [2.75, 3.05) is 14.1 Å². The van der Waals surface area contributed by atoms with Gasteiger partial charge in [-0.05, 0) is 48.7 Å². The van der Waals surface area contributed by atoms with Gasteiger partial charge in [0.15, 0.2) is 5.78 Å². The molecular formula is C19H21NO3S. The molecule has 126 valence electrons. The minimum absolute atomic E-state index is 0.109. The minimum atomic E-state index is -3.55. The van der Waals surface area contributed by atoms with E-state index in [4.69, 9.17) is 0 Å². The predicted octanol–water partition coefficient (Wildman–Crippen LogP) is 3.45. The molecule has 2 aromatic carbocycles. The maximum Gasteiger partial charge on any atom is 0.242 e. The average molecular weight is 343 g/mol. The van der Waals surface area contributed by atoms with Gasteiger partial charge in [0.2, 0.25) is 10.0 Å². The van der Waals surface area contributed by atoms with Crippen molar-refractivity contribution in [2.45, 2.75) is 18.7 Å². The number of carbonyl (C=O) groups is 1. The molecular weight excluding hydrogens is 322 g/mol. The second-order valence-corrected chi connectivity index (χ2v) is 8.01. The van der Waals surface area contributed by atoms with Gasteiger partial charge in [-0.2, -0.15) is 0 Å². The Morgan fingerprint density at radius 2 is 1.71 bits per heavy atom. The fraction of sp³-hybridized carbons (Fsp3) is 0.211. The van der Waals surface area contributed by atoms with E-state index in [1.807, 2.05) is 32.0 Å². The van der Waals surface area contributed by atoms with E-state index in [1.165, 1.54) is 37.9 Å². The Hall–Kier alpha value is -2.24. The molecule has 0 aliphatic heterocycles. The number of ketones is 1. The van der Waals surface area contributed by atoms with Crippen LogP contribution in [0.15, 0.2) is 53.4 Å². The highest BCUT2D eigenvalue weighted by atomic mass is 32.2. The molecule has 0 unspecified atom stereocenters. The number of carbonyl (C=O) groups excluding carboxylic acids is 1. The smallest absolute Gasteiger partial charge is 0.242 e. The Balaban J connectivity index is 2.27. The molecule has 0 bridgehead atoms. The third kappa shape index (κ3) is 3.99. The minimum Gasteiger partial charge on any atom is -0.289 e. The summed E-state index contributed by atoms with van der Waals surface area (Å²) in [4.78, 5) is 12.4. The van der Waals surface area contributed by atoms with Gasteiger partial charge in [-0.15, -0.1) is 0 Å². The molecule has 4 nitrogen and oxygen atoms in total. The number of rotatable bonds is 5. The molecule has 0 saturated heterocycles. The second kappa shape index (κ2) is 7.11. The average Bonchev–Trinajstić information content (AvgIpc) is 2.55. The zero-order chi connectivity index (χ0) is 17.9. The van der Waals surface area contributed by atoms with Crippen molar-refractivity contribution in [3.05, 3.63) is 70.8 Å². The molecule has 0 aliphatic carbocycles. The van der Waals surface area contributed by atoms with Crippen LogP contribution in [0.4, 0.5) is 0 Å². The van der Waals surface area contributed by atoms with Gasteiger partial charge in [-0.1, -0.05) is 36.4 Å². The standard InChI is InChI=1S/C19H21NO3S/c1-14-8-9-16(12-15(14)2)10-11-19(21)17-6-5-7-18(13-17)24(22,23)20(3)4/h5-13H,1-4H3/b11-10+. The summed E-state index contributed by atoms with van der Waals surface area (Å²) in [5, 5.41) is 0. The van der Waals surface area contributed by atoms with E-state index in [0.717, 1.165) is 15.4 Å². The van der Waals surface area contributed by atoms with Crippen molar-refractivity contribution < 1.29 is 13.2 Å². The van der Waals surface area contributed by atoms with Crippen LogP contribution >= 0.6 is 0 Å². The van der Waals surface area contributed by atoms with E-state index < -0.39 is 10.0 Å². The topological polar surface area (TPSA) is 54.5 Å². The van der Waals surface area contributed by atoms with E-state index in [2.05, 4.69) is 0 Å². The van der Waals surface area contributed by atoms with Crippen LogP contribution in [0.1, 0.15) is 27.0 Å². The van der Waals surface area contributed by atoms with Crippen LogP contribution in [0.5, 0.6) is 0 Å². The highest BCUT2D eigenvalue weighted by Crippen LogP contribution is 2.16. The van der Waals surface area contributed by atoms with Crippen molar-refractivity contribution >= 4 is 21.9 Å². The lowest BCUT2D eigenvalue weighted by atomic mass is 10.0. The molecule has 2 aromatic rings. The van der Waals surface area contributed by atoms with Crippen molar-refractivity contribution in [2.24, 2.45) is 0 Å². The zero-order valence-corrected chi connectivity index (χ0v) is 15.1. The van der Waals surface area contributed by atoms with Crippen LogP contribution in [-0.4, -0.2) is 32.6 Å². The van der Waals surface area contributed by atoms with Crippen molar-refractivity contribution in [3.8, 4) is 0 Å². The van der Waals surface area contributed by atoms with Crippen LogP contribution in [0.3, 0.4) is 0 Å². The van der Waals surface area contributed by atoms with Crippen molar-refractivity contribution in [3.63, 3.8) is 0 Å². The first-order valence-electron chi connectivity index (χ1n) is 7.54. The first kappa shape index (κ1) is 18.1. The molecule has 0 heterocycles. The van der Waals surface area contributed by atoms with Crippen molar-refractivity contribution in [1.82, 2.24) is 4.31 Å². The first-order valence-corrected chi connectivity index (χ1v) is 8.98. The van der Waals surface area contributed by atoms with Crippen LogP contribution < -0.4 is 0 Å². The summed E-state index contributed by atoms with van der Waals surface area (Å²) >= 11 is 0. The number of allylic oxidation sites excluding steroid dienone is 1. The monoisotopic (exact) mass is 343 g/mol. The highest BCUT2D eigenvalue weighted by Gasteiger charge is 2.18. The number of aryl methyl sites for hydroxylation is 2. The van der Waals surface area contributed by atoms with E-state index in [0.29, 0.717) is 5.56 Å². The third-order valence-electron chi connectivity index (χ3n) is 3.86. The molecule has 0 amide bonds. The Morgan fingerprint density at radius 1 is 1.00 bits per heavy atom. The summed E-state index contributed by atoms with van der Waals surface area (Å²) in [5.74, 6) is -0.232. The molecule has 0 fully saturated rings. The van der Waals surface area contributed by atoms with Crippen molar-refractivity contribution in [1.29, 1.82) is 0 Å². The highest BCUT2D eigenvalue weighted by molar-refractivity contribution is 7.89. The van der Waals surface area contributed by atoms with Gasteiger partial charge in [0, 0.05) is 19.7 Å². The van der Waals surface area contributed by atoms with Gasteiger partial charge in [0.25, 0.3) is 0 Å². The SMILES string of the molecule is Cc1ccc(/C=C/C(=O)c2cccc(S(=O)(=O)N(C)C)c2)cc1C. The summed E-state index contributed by atoms with van der Waals surface area (Å²) in [7, 11) is -0.630. The van der Waals surface area contributed by atoms with Gasteiger partial charge in [-0.25, -0.2) is 12.7 Å². The van der Waals surface area contributed by atoms with Crippen LogP contribution in [0, 0.1) is 13.8 Å². The summed E-state index contributed by atoms with van der Waals surface area (Å²) in [6, 6.07) is 12.0. The predicted molar refractivity (Wildman–Crippen MR) is 96.6 cm³/mol. The Bertz CT molecular complexity index is 897. The number of benzene rings is 2. The summed E-state index contributed by atoms with van der Waals surface area (Å²) < 4.78 is 25.4. The van der Waals surface area contributed by atoms with Gasteiger partial charge < -0.3 is 0 Å². The molecule has 0 N–H and O–H groups in total. The quantitative estimate of drug-likeness (QED) is 0.617. The lowest BCUT2D eigenvalue weighted by molar-refractivity contribution is 0.104. The normalized spacial score (nSPS) is 12.0. The lowest BCUT2D eigenvalue weighted by Crippen LogP contribution is -2.22. The summed E-state index contributed by atoms with van der Waals surface area (Å²) in [5.41, 5.74) is 3.63. The van der Waals surface area contributed by atoms with Crippen LogP contribution in [0.2, 0.25) is 0 Å². The van der Waals surface area contributed by atoms with Crippen LogP contribution in [0.25, 0.3) is 6.08 Å². The zero-order valence-electron chi connectivity index (χ0n) is 14.3. The molecule has 5 heteroatoms. The van der Waals surface area contributed by atoms with Gasteiger partial charge in [0.1, 0.15) is 0 Å². The maximum absolute atomic E-state index is 12.3. The number of nitrogens with zero attached hydrogens (tertiary/aromatic N) is 1. The molecule has 0 atom stereocenters. The fourth-order valence-electron chi connectivity index (χ4n) is 2.16. The molecule has 2 rings (SSSR count). The second-order valence-electron chi connectivity index (χ2n) is 5.86. The van der Waals surface area contributed by atoms with Gasteiger partial charge >= 0.3 is 0 Å².